The number of nitrogens with one attached hydrogen (secondary N) is 1. The van der Waals surface area contributed by atoms with Crippen LogP contribution in [-0.4, -0.2) is 59.1 Å². The van der Waals surface area contributed by atoms with E-state index in [1.807, 2.05) is 0 Å². The van der Waals surface area contributed by atoms with Crippen LogP contribution >= 0.6 is 0 Å². The highest BCUT2D eigenvalue weighted by Crippen LogP contribution is 2.26. The molecule has 1 N–H and O–H groups in total. The SMILES string of the molecule is C[C@@]1(NS(=O)(=O)[C@@H]2CCS(=O)(=O)C2)CCS(=O)(=O)C1. The van der Waals surface area contributed by atoms with Crippen LogP contribution < -0.4 is 4.72 Å². The van der Waals surface area contributed by atoms with Crippen LogP contribution in [0.4, 0.5) is 0 Å². The Morgan fingerprint density at radius 2 is 1.74 bits per heavy atom. The molecule has 0 unspecified atom stereocenters. The maximum Gasteiger partial charge on any atom is 0.216 e. The molecule has 10 heteroatoms. The number of hydrogen-bond donors (Lipinski definition) is 1. The van der Waals surface area contributed by atoms with Crippen molar-refractivity contribution in [3.8, 4) is 0 Å². The summed E-state index contributed by atoms with van der Waals surface area (Å²) in [6, 6.07) is 0. The van der Waals surface area contributed by atoms with Crippen LogP contribution in [-0.2, 0) is 29.7 Å². The lowest BCUT2D eigenvalue weighted by Crippen LogP contribution is -2.50. The molecule has 2 fully saturated rings. The largest absolute Gasteiger partial charge is 0.229 e. The minimum atomic E-state index is -3.82. The van der Waals surface area contributed by atoms with Crippen molar-refractivity contribution >= 4 is 29.7 Å². The summed E-state index contributed by atoms with van der Waals surface area (Å²) in [7, 11) is -10.3. The lowest BCUT2D eigenvalue weighted by molar-refractivity contribution is 0.457. The number of sulfonamides is 1. The van der Waals surface area contributed by atoms with Gasteiger partial charge in [-0.25, -0.2) is 30.0 Å². The predicted octanol–water partition coefficient (Wildman–Crippen LogP) is -1.33. The quantitative estimate of drug-likeness (QED) is 0.685. The van der Waals surface area contributed by atoms with Crippen LogP contribution in [0.25, 0.3) is 0 Å². The van der Waals surface area contributed by atoms with Crippen molar-refractivity contribution in [3.63, 3.8) is 0 Å². The van der Waals surface area contributed by atoms with Gasteiger partial charge in [-0.1, -0.05) is 0 Å². The molecule has 0 aromatic carbocycles. The van der Waals surface area contributed by atoms with E-state index in [4.69, 9.17) is 0 Å². The molecular formula is C9H17NO6S3. The van der Waals surface area contributed by atoms with E-state index in [0.29, 0.717) is 0 Å². The van der Waals surface area contributed by atoms with Gasteiger partial charge < -0.3 is 0 Å². The highest BCUT2D eigenvalue weighted by Gasteiger charge is 2.45. The molecule has 2 aliphatic heterocycles. The smallest absolute Gasteiger partial charge is 0.216 e. The monoisotopic (exact) mass is 331 g/mol. The van der Waals surface area contributed by atoms with Gasteiger partial charge in [-0.2, -0.15) is 0 Å². The Labute approximate surface area is 113 Å². The van der Waals surface area contributed by atoms with E-state index in [2.05, 4.69) is 4.72 Å². The van der Waals surface area contributed by atoms with Crippen molar-refractivity contribution in [1.29, 1.82) is 0 Å². The van der Waals surface area contributed by atoms with E-state index >= 15 is 0 Å². The molecule has 0 radical (unpaired) electrons. The van der Waals surface area contributed by atoms with Crippen LogP contribution in [0.2, 0.25) is 0 Å². The Morgan fingerprint density at radius 1 is 1.11 bits per heavy atom. The summed E-state index contributed by atoms with van der Waals surface area (Å²) in [4.78, 5) is 0. The maximum atomic E-state index is 12.1. The molecule has 19 heavy (non-hydrogen) atoms. The van der Waals surface area contributed by atoms with Crippen molar-refractivity contribution < 1.29 is 25.3 Å². The molecule has 0 bridgehead atoms. The highest BCUT2D eigenvalue weighted by atomic mass is 32.2. The standard InChI is InChI=1S/C9H17NO6S3/c1-9(3-5-18(13,14)7-9)10-19(15,16)8-2-4-17(11,12)6-8/h8,10H,2-7H2,1H3/t8-,9-/m1/s1. The van der Waals surface area contributed by atoms with Gasteiger partial charge in [0, 0.05) is 5.54 Å². The first-order valence-corrected chi connectivity index (χ1v) is 11.1. The Kier molecular flexibility index (Phi) is 3.52. The van der Waals surface area contributed by atoms with Crippen molar-refractivity contribution in [2.75, 3.05) is 23.0 Å². The van der Waals surface area contributed by atoms with Crippen LogP contribution in [0, 0.1) is 0 Å². The van der Waals surface area contributed by atoms with E-state index in [0.717, 1.165) is 0 Å². The molecule has 112 valence electrons. The summed E-state index contributed by atoms with van der Waals surface area (Å²) in [5.41, 5.74) is -1.02. The zero-order chi connectivity index (χ0) is 14.5. The van der Waals surface area contributed by atoms with Crippen LogP contribution in [0.1, 0.15) is 19.8 Å². The zero-order valence-electron chi connectivity index (χ0n) is 10.5. The second kappa shape index (κ2) is 4.40. The molecule has 0 aromatic rings. The second-order valence-electron chi connectivity index (χ2n) is 5.57. The molecule has 2 saturated heterocycles. The van der Waals surface area contributed by atoms with Crippen molar-refractivity contribution in [1.82, 2.24) is 4.72 Å². The van der Waals surface area contributed by atoms with Gasteiger partial charge in [0.2, 0.25) is 10.0 Å². The molecular weight excluding hydrogens is 314 g/mol. The van der Waals surface area contributed by atoms with Crippen molar-refractivity contribution in [2.24, 2.45) is 0 Å². The fraction of sp³-hybridized carbons (Fsp3) is 1.00. The fourth-order valence-electron chi connectivity index (χ4n) is 2.52. The molecule has 2 rings (SSSR count). The minimum Gasteiger partial charge on any atom is -0.229 e. The molecule has 2 atom stereocenters. The predicted molar refractivity (Wildman–Crippen MR) is 70.8 cm³/mol. The molecule has 0 saturated carbocycles. The van der Waals surface area contributed by atoms with E-state index in [-0.39, 0.29) is 35.9 Å². The summed E-state index contributed by atoms with van der Waals surface area (Å²) in [6.07, 6.45) is 0.286. The van der Waals surface area contributed by atoms with E-state index in [1.165, 1.54) is 0 Å². The average molecular weight is 331 g/mol. The second-order valence-corrected chi connectivity index (χ2v) is 11.9. The molecule has 0 aliphatic carbocycles. The first-order chi connectivity index (χ1) is 8.43. The first-order valence-electron chi connectivity index (χ1n) is 5.87. The van der Waals surface area contributed by atoms with E-state index in [9.17, 15) is 25.3 Å². The molecule has 0 aromatic heterocycles. The number of rotatable bonds is 3. The summed E-state index contributed by atoms with van der Waals surface area (Å²) >= 11 is 0. The third-order valence-corrected chi connectivity index (χ3v) is 9.46. The Morgan fingerprint density at radius 3 is 2.16 bits per heavy atom. The molecule has 2 aliphatic rings. The number of sulfone groups is 2. The van der Waals surface area contributed by atoms with Gasteiger partial charge in [-0.05, 0) is 19.8 Å². The van der Waals surface area contributed by atoms with Crippen molar-refractivity contribution in [2.45, 2.75) is 30.6 Å². The van der Waals surface area contributed by atoms with E-state index < -0.39 is 40.5 Å². The topological polar surface area (TPSA) is 114 Å². The third kappa shape index (κ3) is 3.47. The summed E-state index contributed by atoms with van der Waals surface area (Å²) in [6.45, 7) is 1.54. The lowest BCUT2D eigenvalue weighted by Gasteiger charge is -2.25. The summed E-state index contributed by atoms with van der Waals surface area (Å²) in [5, 5.41) is -0.974. The Hall–Kier alpha value is -0.190. The minimum absolute atomic E-state index is 0.0466. The van der Waals surface area contributed by atoms with Crippen molar-refractivity contribution in [3.05, 3.63) is 0 Å². The average Bonchev–Trinajstić information content (AvgIpc) is 2.66. The van der Waals surface area contributed by atoms with E-state index in [1.54, 1.807) is 6.92 Å². The first kappa shape index (κ1) is 15.2. The van der Waals surface area contributed by atoms with Gasteiger partial charge in [0.05, 0.1) is 28.3 Å². The lowest BCUT2D eigenvalue weighted by atomic mass is 10.0. The Bertz CT molecular complexity index is 677. The van der Waals surface area contributed by atoms with Gasteiger partial charge in [0.15, 0.2) is 19.7 Å². The summed E-state index contributed by atoms with van der Waals surface area (Å²) < 4.78 is 72.1. The molecule has 7 nitrogen and oxygen atoms in total. The van der Waals surface area contributed by atoms with Gasteiger partial charge in [0.25, 0.3) is 0 Å². The summed E-state index contributed by atoms with van der Waals surface area (Å²) in [5.74, 6) is -0.799. The van der Waals surface area contributed by atoms with Crippen LogP contribution in [0.3, 0.4) is 0 Å². The van der Waals surface area contributed by atoms with Gasteiger partial charge >= 0.3 is 0 Å². The molecule has 2 heterocycles. The molecule has 0 spiro atoms. The number of hydrogen-bond acceptors (Lipinski definition) is 6. The third-order valence-electron chi connectivity index (χ3n) is 3.52. The normalized spacial score (nSPS) is 37.4. The van der Waals surface area contributed by atoms with Gasteiger partial charge in [-0.15, -0.1) is 0 Å². The zero-order valence-corrected chi connectivity index (χ0v) is 12.9. The highest BCUT2D eigenvalue weighted by molar-refractivity contribution is 7.95. The Balaban J connectivity index is 2.15. The van der Waals surface area contributed by atoms with Gasteiger partial charge in [-0.3, -0.25) is 0 Å². The fourth-order valence-corrected chi connectivity index (χ4v) is 9.20. The molecule has 0 amide bonds. The van der Waals surface area contributed by atoms with Crippen LogP contribution in [0.15, 0.2) is 0 Å². The van der Waals surface area contributed by atoms with Crippen LogP contribution in [0.5, 0.6) is 0 Å². The van der Waals surface area contributed by atoms with Gasteiger partial charge in [0.1, 0.15) is 0 Å². The maximum absolute atomic E-state index is 12.1.